The lowest BCUT2D eigenvalue weighted by Gasteiger charge is -2.23. The average molecular weight is 727 g/mol. The molecule has 4 aromatic heterocycles. The van der Waals surface area contributed by atoms with Gasteiger partial charge in [-0.15, -0.1) is 0 Å². The number of benzene rings is 1. The first kappa shape index (κ1) is 35.8. The zero-order chi connectivity index (χ0) is 36.1. The van der Waals surface area contributed by atoms with Crippen LogP contribution in [0, 0.1) is 5.92 Å². The van der Waals surface area contributed by atoms with E-state index in [1.807, 2.05) is 35.0 Å². The number of carbonyl (C=O) groups excluding carboxylic acids is 1. The number of nitrogens with zero attached hydrogens (tertiary/aromatic N) is 5. The summed E-state index contributed by atoms with van der Waals surface area (Å²) in [7, 11) is -1.32. The largest absolute Gasteiger partial charge is 0.490 e. The van der Waals surface area contributed by atoms with Crippen LogP contribution in [-0.2, 0) is 27.6 Å². The molecule has 2 aliphatic rings. The van der Waals surface area contributed by atoms with E-state index >= 15 is 0 Å². The summed E-state index contributed by atoms with van der Waals surface area (Å²) < 4.78 is 32.1. The van der Waals surface area contributed by atoms with Gasteiger partial charge >= 0.3 is 0 Å². The van der Waals surface area contributed by atoms with Crippen molar-refractivity contribution in [3.8, 4) is 28.5 Å². The van der Waals surface area contributed by atoms with Crippen molar-refractivity contribution in [2.75, 3.05) is 31.7 Å². The fourth-order valence-corrected chi connectivity index (χ4v) is 6.72. The highest BCUT2D eigenvalue weighted by Crippen LogP contribution is 2.39. The zero-order valence-corrected chi connectivity index (χ0v) is 31.0. The summed E-state index contributed by atoms with van der Waals surface area (Å²) in [5.74, 6) is 1.50. The van der Waals surface area contributed by atoms with Crippen LogP contribution in [0.1, 0.15) is 37.7 Å². The smallest absolute Gasteiger partial charge is 0.234 e. The van der Waals surface area contributed by atoms with Gasteiger partial charge < -0.3 is 33.4 Å². The minimum Gasteiger partial charge on any atom is -0.490 e. The molecule has 1 atom stereocenters. The molecule has 1 aliphatic carbocycles. The van der Waals surface area contributed by atoms with Gasteiger partial charge in [0.15, 0.2) is 11.9 Å². The predicted octanol–water partition coefficient (Wildman–Crippen LogP) is 6.56. The molecule has 52 heavy (non-hydrogen) atoms. The Balaban J connectivity index is 1.28. The lowest BCUT2D eigenvalue weighted by Crippen LogP contribution is -2.24. The molecule has 0 bridgehead atoms. The predicted molar refractivity (Wildman–Crippen MR) is 199 cm³/mol. The number of aromatic nitrogens is 5. The molecule has 0 radical (unpaired) electrons. The zero-order valence-electron chi connectivity index (χ0n) is 30.0. The first-order valence-electron chi connectivity index (χ1n) is 18.0. The van der Waals surface area contributed by atoms with Crippen LogP contribution >= 0.6 is 0 Å². The van der Waals surface area contributed by atoms with Gasteiger partial charge in [-0.05, 0) is 61.6 Å². The maximum atomic E-state index is 12.9. The molecule has 274 valence electrons. The Hall–Kier alpha value is -4.63. The second kappa shape index (κ2) is 15.9. The number of aliphatic hydroxyl groups is 1. The van der Waals surface area contributed by atoms with Gasteiger partial charge in [-0.3, -0.25) is 20.1 Å². The molecule has 13 nitrogen and oxygen atoms in total. The minimum absolute atomic E-state index is 0.0339. The molecule has 1 aromatic carbocycles. The summed E-state index contributed by atoms with van der Waals surface area (Å²) in [4.78, 5) is 31.5. The summed E-state index contributed by atoms with van der Waals surface area (Å²) in [6, 6.07) is 10.9. The Morgan fingerprint density at radius 2 is 1.90 bits per heavy atom. The van der Waals surface area contributed by atoms with Crippen molar-refractivity contribution < 1.29 is 33.6 Å². The Kier molecular flexibility index (Phi) is 11.0. The van der Waals surface area contributed by atoms with E-state index in [0.717, 1.165) is 65.7 Å². The third kappa shape index (κ3) is 9.04. The highest BCUT2D eigenvalue weighted by atomic mass is 28.3. The van der Waals surface area contributed by atoms with Gasteiger partial charge in [-0.25, -0.2) is 0 Å². The second-order valence-corrected chi connectivity index (χ2v) is 20.2. The number of aliphatic hydroxyl groups excluding tert-OH is 1. The van der Waals surface area contributed by atoms with E-state index in [0.29, 0.717) is 41.6 Å². The number of hydrogen-bond donors (Lipinski definition) is 2. The van der Waals surface area contributed by atoms with Gasteiger partial charge in [-0.1, -0.05) is 25.7 Å². The topological polar surface area (TPSA) is 152 Å². The average Bonchev–Trinajstić information content (AvgIpc) is 3.93. The van der Waals surface area contributed by atoms with Gasteiger partial charge in [0.1, 0.15) is 31.4 Å². The number of anilines is 1. The molecule has 1 amide bonds. The SMILES string of the molecule is C[Si](C)(C)CCOCn1cc(-c2ccc3ncc(OC4CCCCO4)cc3c2)c2c(OCc3cncc(OCCO)c3)nc(NC(=O)C3CC3)nc21. The third-order valence-corrected chi connectivity index (χ3v) is 10.7. The van der Waals surface area contributed by atoms with E-state index in [1.165, 1.54) is 0 Å². The molecule has 1 saturated carbocycles. The fraction of sp³-hybridized carbons (Fsp3) is 0.447. The summed E-state index contributed by atoms with van der Waals surface area (Å²) in [5.41, 5.74) is 3.87. The molecule has 1 unspecified atom stereocenters. The summed E-state index contributed by atoms with van der Waals surface area (Å²) in [5, 5.41) is 13.7. The number of nitrogens with one attached hydrogen (secondary N) is 1. The number of amides is 1. The summed E-state index contributed by atoms with van der Waals surface area (Å²) in [6.07, 6.45) is 11.4. The third-order valence-electron chi connectivity index (χ3n) is 8.97. The van der Waals surface area contributed by atoms with Gasteiger partial charge in [0, 0.05) is 55.9 Å². The summed E-state index contributed by atoms with van der Waals surface area (Å²) >= 11 is 0. The van der Waals surface area contributed by atoms with Crippen LogP contribution in [-0.4, -0.2) is 76.3 Å². The van der Waals surface area contributed by atoms with E-state index in [1.54, 1.807) is 18.6 Å². The summed E-state index contributed by atoms with van der Waals surface area (Å²) in [6.45, 7) is 8.71. The molecule has 1 saturated heterocycles. The molecule has 7 rings (SSSR count). The molecule has 2 N–H and O–H groups in total. The standard InChI is InChI=1S/C38H46N6O7Si/c1-52(2,3)15-14-47-24-44-22-31(27-9-10-32-28(17-27)18-30(21-40-32)51-33-6-4-5-12-49-33)34-35(44)41-38(42-36(46)26-7-8-26)43-37(34)50-23-25-16-29(20-39-19-25)48-13-11-45/h9-10,16-22,26,33,45H,4-8,11-15,23-24H2,1-3H3,(H,41,42,43,46). The first-order chi connectivity index (χ1) is 25.2. The maximum absolute atomic E-state index is 12.9. The molecule has 2 fully saturated rings. The van der Waals surface area contributed by atoms with Gasteiger partial charge in [0.25, 0.3) is 0 Å². The number of carbonyl (C=O) groups is 1. The highest BCUT2D eigenvalue weighted by molar-refractivity contribution is 6.76. The van der Waals surface area contributed by atoms with Crippen LogP contribution in [0.2, 0.25) is 25.7 Å². The monoisotopic (exact) mass is 726 g/mol. The van der Waals surface area contributed by atoms with E-state index in [4.69, 9.17) is 33.7 Å². The van der Waals surface area contributed by atoms with Gasteiger partial charge in [-0.2, -0.15) is 9.97 Å². The molecule has 14 heteroatoms. The normalized spacial score (nSPS) is 16.3. The van der Waals surface area contributed by atoms with E-state index in [2.05, 4.69) is 41.0 Å². The highest BCUT2D eigenvalue weighted by Gasteiger charge is 2.31. The van der Waals surface area contributed by atoms with Crippen molar-refractivity contribution in [3.05, 3.63) is 60.7 Å². The number of pyridine rings is 2. The Labute approximate surface area is 303 Å². The van der Waals surface area contributed by atoms with Crippen LogP contribution < -0.4 is 19.5 Å². The second-order valence-electron chi connectivity index (χ2n) is 14.6. The molecular formula is C38H46N6O7Si. The van der Waals surface area contributed by atoms with Crippen LogP contribution in [0.4, 0.5) is 5.95 Å². The molecule has 5 aromatic rings. The number of rotatable bonds is 16. The molecule has 5 heterocycles. The number of fused-ring (bicyclic) bond motifs is 2. The van der Waals surface area contributed by atoms with Crippen LogP contribution in [0.3, 0.4) is 0 Å². The van der Waals surface area contributed by atoms with Gasteiger partial charge in [0.05, 0.1) is 36.5 Å². The Morgan fingerprint density at radius 1 is 1.02 bits per heavy atom. The van der Waals surface area contributed by atoms with Crippen molar-refractivity contribution in [3.63, 3.8) is 0 Å². The lowest BCUT2D eigenvalue weighted by atomic mass is 10.0. The molecule has 1 aliphatic heterocycles. The molecular weight excluding hydrogens is 681 g/mol. The van der Waals surface area contributed by atoms with E-state index < -0.39 is 8.07 Å². The fourth-order valence-electron chi connectivity index (χ4n) is 5.97. The maximum Gasteiger partial charge on any atom is 0.234 e. The van der Waals surface area contributed by atoms with Crippen molar-refractivity contribution in [2.24, 2.45) is 5.92 Å². The van der Waals surface area contributed by atoms with Gasteiger partial charge in [0.2, 0.25) is 17.7 Å². The van der Waals surface area contributed by atoms with Crippen molar-refractivity contribution in [2.45, 2.75) is 77.4 Å². The quantitative estimate of drug-likeness (QED) is 0.0841. The van der Waals surface area contributed by atoms with Crippen LogP contribution in [0.25, 0.3) is 33.1 Å². The van der Waals surface area contributed by atoms with E-state index in [9.17, 15) is 9.90 Å². The van der Waals surface area contributed by atoms with Crippen LogP contribution in [0.15, 0.2) is 55.1 Å². The minimum atomic E-state index is -1.32. The van der Waals surface area contributed by atoms with Crippen molar-refractivity contribution in [1.29, 1.82) is 0 Å². The Bertz CT molecular complexity index is 2020. The first-order valence-corrected chi connectivity index (χ1v) is 21.7. The van der Waals surface area contributed by atoms with E-state index in [-0.39, 0.29) is 50.6 Å². The van der Waals surface area contributed by atoms with Crippen molar-refractivity contribution in [1.82, 2.24) is 24.5 Å². The van der Waals surface area contributed by atoms with Crippen molar-refractivity contribution >= 4 is 41.9 Å². The number of ether oxygens (including phenoxy) is 5. The molecule has 0 spiro atoms. The Morgan fingerprint density at radius 3 is 2.69 bits per heavy atom. The van der Waals surface area contributed by atoms with Crippen LogP contribution in [0.5, 0.6) is 17.4 Å². The number of hydrogen-bond acceptors (Lipinski definition) is 11. The lowest BCUT2D eigenvalue weighted by molar-refractivity contribution is -0.117.